The highest BCUT2D eigenvalue weighted by Crippen LogP contribution is 2.25. The van der Waals surface area contributed by atoms with E-state index in [4.69, 9.17) is 13.9 Å². The van der Waals surface area contributed by atoms with Crippen molar-refractivity contribution in [3.8, 4) is 5.75 Å². The first-order valence-corrected chi connectivity index (χ1v) is 14.9. The third-order valence-electron chi connectivity index (χ3n) is 8.02. The lowest BCUT2D eigenvalue weighted by Gasteiger charge is -2.39. The van der Waals surface area contributed by atoms with Crippen molar-refractivity contribution in [2.75, 3.05) is 69.2 Å². The van der Waals surface area contributed by atoms with Gasteiger partial charge in [0.1, 0.15) is 23.9 Å². The summed E-state index contributed by atoms with van der Waals surface area (Å²) in [6, 6.07) is 7.72. The normalized spacial score (nSPS) is 17.9. The van der Waals surface area contributed by atoms with Gasteiger partial charge in [-0.25, -0.2) is 9.97 Å². The zero-order valence-corrected chi connectivity index (χ0v) is 24.8. The fraction of sp³-hybridized carbons (Fsp3) is 0.500. The highest BCUT2D eigenvalue weighted by atomic mass is 16.5. The molecule has 0 spiro atoms. The molecule has 5 heterocycles. The van der Waals surface area contributed by atoms with Gasteiger partial charge in [-0.15, -0.1) is 0 Å². The molecule has 0 radical (unpaired) electrons. The molecule has 2 saturated heterocycles. The van der Waals surface area contributed by atoms with Crippen molar-refractivity contribution < 1.29 is 28.6 Å². The van der Waals surface area contributed by atoms with Crippen molar-refractivity contribution in [2.24, 2.45) is 0 Å². The summed E-state index contributed by atoms with van der Waals surface area (Å²) in [6.45, 7) is 7.41. The molecule has 1 atom stereocenters. The van der Waals surface area contributed by atoms with E-state index < -0.39 is 6.10 Å². The zero-order valence-electron chi connectivity index (χ0n) is 24.8. The number of benzene rings is 1. The van der Waals surface area contributed by atoms with Crippen molar-refractivity contribution in [3.63, 3.8) is 0 Å². The van der Waals surface area contributed by atoms with Crippen LogP contribution in [0.1, 0.15) is 34.3 Å². The first kappa shape index (κ1) is 29.8. The van der Waals surface area contributed by atoms with Gasteiger partial charge in [-0.3, -0.25) is 14.5 Å². The van der Waals surface area contributed by atoms with Gasteiger partial charge in [0.15, 0.2) is 12.2 Å². The Kier molecular flexibility index (Phi) is 9.19. The van der Waals surface area contributed by atoms with Gasteiger partial charge in [0, 0.05) is 65.3 Å². The number of hydrogen-bond acceptors (Lipinski definition) is 12. The average Bonchev–Trinajstić information content (AvgIpc) is 3.54. The average molecular weight is 607 g/mol. The molecule has 0 saturated carbocycles. The molecular formula is C30H38N8O6. The van der Waals surface area contributed by atoms with E-state index in [1.807, 2.05) is 11.0 Å². The lowest BCUT2D eigenvalue weighted by molar-refractivity contribution is -0.132. The molecule has 3 aromatic rings. The van der Waals surface area contributed by atoms with Gasteiger partial charge in [-0.1, -0.05) is 6.07 Å². The summed E-state index contributed by atoms with van der Waals surface area (Å²) in [5.41, 5.74) is 2.63. The number of aliphatic hydroxyl groups excluding tert-OH is 1. The number of ether oxygens (including phenoxy) is 2. The highest BCUT2D eigenvalue weighted by Gasteiger charge is 2.29. The lowest BCUT2D eigenvalue weighted by atomic mass is 9.99. The lowest BCUT2D eigenvalue weighted by Crippen LogP contribution is -2.56. The number of rotatable bonds is 11. The Bertz CT molecular complexity index is 1440. The Morgan fingerprint density at radius 1 is 1.14 bits per heavy atom. The molecule has 14 nitrogen and oxygen atoms in total. The summed E-state index contributed by atoms with van der Waals surface area (Å²) in [4.78, 5) is 43.8. The molecule has 2 aromatic heterocycles. The molecule has 6 rings (SSSR count). The maximum Gasteiger partial charge on any atom is 0.270 e. The number of nitrogens with one attached hydrogen (secondary N) is 2. The van der Waals surface area contributed by atoms with Crippen molar-refractivity contribution >= 4 is 23.6 Å². The summed E-state index contributed by atoms with van der Waals surface area (Å²) in [5, 5.41) is 17.0. The maximum atomic E-state index is 13.2. The number of nitrogens with zero attached hydrogens (tertiary/aromatic N) is 6. The minimum atomic E-state index is -0.754. The van der Waals surface area contributed by atoms with Crippen LogP contribution in [0.25, 0.3) is 0 Å². The molecule has 3 N–H and O–H groups in total. The van der Waals surface area contributed by atoms with Crippen molar-refractivity contribution in [1.29, 1.82) is 0 Å². The van der Waals surface area contributed by atoms with Gasteiger partial charge in [-0.05, 0) is 29.7 Å². The molecule has 0 aliphatic carbocycles. The minimum absolute atomic E-state index is 0.0334. The summed E-state index contributed by atoms with van der Waals surface area (Å²) in [7, 11) is 0. The number of fused-ring (bicyclic) bond motifs is 1. The van der Waals surface area contributed by atoms with Crippen molar-refractivity contribution in [2.45, 2.75) is 38.6 Å². The van der Waals surface area contributed by atoms with E-state index in [-0.39, 0.29) is 30.1 Å². The predicted molar refractivity (Wildman–Crippen MR) is 159 cm³/mol. The second-order valence-corrected chi connectivity index (χ2v) is 11.3. The van der Waals surface area contributed by atoms with Crippen LogP contribution in [0, 0.1) is 0 Å². The van der Waals surface area contributed by atoms with E-state index >= 15 is 0 Å². The number of oxazole rings is 1. The number of morpholine rings is 1. The Labute approximate surface area is 255 Å². The summed E-state index contributed by atoms with van der Waals surface area (Å²) < 4.78 is 16.5. The highest BCUT2D eigenvalue weighted by molar-refractivity contribution is 5.93. The first-order chi connectivity index (χ1) is 21.4. The van der Waals surface area contributed by atoms with Gasteiger partial charge < -0.3 is 39.4 Å². The Hall–Kier alpha value is -4.27. The number of hydrogen-bond donors (Lipinski definition) is 3. The monoisotopic (exact) mass is 606 g/mol. The fourth-order valence-corrected chi connectivity index (χ4v) is 5.53. The quantitative estimate of drug-likeness (QED) is 0.281. The van der Waals surface area contributed by atoms with Gasteiger partial charge >= 0.3 is 0 Å². The number of β-amino-alcohol motifs (C(OH)–C–C–N with tert-alkyl or cyclic N) is 1. The van der Waals surface area contributed by atoms with Crippen LogP contribution in [0.4, 0.5) is 11.8 Å². The molecule has 2 amide bonds. The second kappa shape index (κ2) is 13.6. The Balaban J connectivity index is 1.02. The molecule has 234 valence electrons. The molecule has 14 heteroatoms. The molecule has 1 unspecified atom stereocenters. The van der Waals surface area contributed by atoms with E-state index in [1.165, 1.54) is 17.5 Å². The smallest absolute Gasteiger partial charge is 0.270 e. The zero-order chi connectivity index (χ0) is 30.5. The van der Waals surface area contributed by atoms with Crippen molar-refractivity contribution in [1.82, 2.24) is 30.1 Å². The van der Waals surface area contributed by atoms with E-state index in [2.05, 4.69) is 42.6 Å². The Morgan fingerprint density at radius 2 is 1.98 bits per heavy atom. The van der Waals surface area contributed by atoms with Gasteiger partial charge in [0.05, 0.1) is 31.6 Å². The second-order valence-electron chi connectivity index (χ2n) is 11.3. The van der Waals surface area contributed by atoms with Crippen molar-refractivity contribution in [3.05, 3.63) is 59.4 Å². The summed E-state index contributed by atoms with van der Waals surface area (Å²) >= 11 is 0. The van der Waals surface area contributed by atoms with Crippen LogP contribution in [-0.2, 0) is 29.1 Å². The van der Waals surface area contributed by atoms with E-state index in [0.717, 1.165) is 18.7 Å². The van der Waals surface area contributed by atoms with Gasteiger partial charge in [-0.2, -0.15) is 4.98 Å². The van der Waals surface area contributed by atoms with Crippen LogP contribution < -0.4 is 20.3 Å². The predicted octanol–water partition coefficient (Wildman–Crippen LogP) is 0.672. The number of anilines is 2. The molecule has 2 fully saturated rings. The first-order valence-electron chi connectivity index (χ1n) is 14.9. The van der Waals surface area contributed by atoms with E-state index in [1.54, 1.807) is 24.1 Å². The third-order valence-corrected chi connectivity index (χ3v) is 8.02. The number of carbonyl (C=O) groups is 2. The Morgan fingerprint density at radius 3 is 2.75 bits per heavy atom. The third kappa shape index (κ3) is 7.44. The number of aliphatic hydroxyl groups is 1. The number of aromatic nitrogens is 3. The molecule has 44 heavy (non-hydrogen) atoms. The topological polar surface area (TPSA) is 158 Å². The van der Waals surface area contributed by atoms with Crippen LogP contribution in [0.2, 0.25) is 0 Å². The van der Waals surface area contributed by atoms with Gasteiger partial charge in [0.2, 0.25) is 11.9 Å². The summed E-state index contributed by atoms with van der Waals surface area (Å²) in [6.07, 6.45) is 3.10. The largest absolute Gasteiger partial charge is 0.486 e. The number of amides is 2. The summed E-state index contributed by atoms with van der Waals surface area (Å²) in [5.74, 6) is 2.07. The van der Waals surface area contributed by atoms with E-state index in [9.17, 15) is 14.7 Å². The maximum absolute atomic E-state index is 13.2. The molecule has 0 bridgehead atoms. The molecule has 1 aromatic carbocycles. The van der Waals surface area contributed by atoms with Crippen LogP contribution in [-0.4, -0.2) is 113 Å². The van der Waals surface area contributed by atoms with Crippen LogP contribution in [0.15, 0.2) is 41.3 Å². The molecule has 3 aliphatic heterocycles. The fourth-order valence-electron chi connectivity index (χ4n) is 5.53. The molecule has 3 aliphatic rings. The van der Waals surface area contributed by atoms with Crippen LogP contribution in [0.5, 0.6) is 5.75 Å². The minimum Gasteiger partial charge on any atom is -0.486 e. The van der Waals surface area contributed by atoms with E-state index in [0.29, 0.717) is 76.6 Å². The standard InChI is InChI=1S/C30H38N8O6/c1-20(39)38-15-23(16-38)33-28-11-27(34-30(35-28)37-6-8-42-9-7-37)29(41)32-12-24(40)17-36-5-4-21-10-25(3-2-22(21)14-36)43-18-26-13-31-19-44-26/h2-3,10-11,13,19,23-24,40H,4-9,12,14-18H2,1H3,(H,32,41)(H,33,34,35). The van der Waals surface area contributed by atoms with Crippen LogP contribution >= 0.6 is 0 Å². The number of carbonyl (C=O) groups excluding carboxylic acids is 2. The molecular weight excluding hydrogens is 568 g/mol. The van der Waals surface area contributed by atoms with Gasteiger partial charge in [0.25, 0.3) is 5.91 Å². The van der Waals surface area contributed by atoms with Crippen LogP contribution in [0.3, 0.4) is 0 Å². The number of likely N-dealkylation sites (tertiary alicyclic amines) is 1. The SMILES string of the molecule is CC(=O)N1CC(Nc2cc(C(=O)NCC(O)CN3CCc4cc(OCc5cnco5)ccc4C3)nc(N3CCOCC3)n2)C1.